The van der Waals surface area contributed by atoms with E-state index >= 15 is 0 Å². The fraction of sp³-hybridized carbons (Fsp3) is 0.200. The van der Waals surface area contributed by atoms with Gasteiger partial charge in [-0.05, 0) is 31.0 Å². The smallest absolute Gasteiger partial charge is 0.251 e. The average molecular weight is 374 g/mol. The average Bonchev–Trinajstić information content (AvgIpc) is 3.41. The Balaban J connectivity index is 1.68. The number of fused-ring (bicyclic) bond motifs is 1. The SMILES string of the molecule is NC(=O)Cn1cc(C#Cc2cccc(C(=O)NC3CC3)c2)c2c(N)ncnc21. The zero-order valence-corrected chi connectivity index (χ0v) is 15.0. The van der Waals surface area contributed by atoms with Crippen molar-refractivity contribution in [3.8, 4) is 11.8 Å². The lowest BCUT2D eigenvalue weighted by Crippen LogP contribution is -2.25. The molecule has 4 rings (SSSR count). The van der Waals surface area contributed by atoms with Crippen molar-refractivity contribution in [1.29, 1.82) is 0 Å². The second-order valence-electron chi connectivity index (χ2n) is 6.67. The van der Waals surface area contributed by atoms with E-state index in [2.05, 4.69) is 27.1 Å². The number of aromatic nitrogens is 3. The number of nitrogen functional groups attached to an aromatic ring is 1. The van der Waals surface area contributed by atoms with Crippen LogP contribution in [0.4, 0.5) is 5.82 Å². The van der Waals surface area contributed by atoms with Crippen LogP contribution in [0, 0.1) is 11.8 Å². The summed E-state index contributed by atoms with van der Waals surface area (Å²) < 4.78 is 1.60. The second-order valence-corrected chi connectivity index (χ2v) is 6.67. The molecular formula is C20H18N6O2. The van der Waals surface area contributed by atoms with Crippen molar-refractivity contribution >= 4 is 28.7 Å². The molecule has 0 saturated heterocycles. The minimum Gasteiger partial charge on any atom is -0.383 e. The van der Waals surface area contributed by atoms with E-state index in [4.69, 9.17) is 11.5 Å². The lowest BCUT2D eigenvalue weighted by molar-refractivity contribution is -0.118. The van der Waals surface area contributed by atoms with Gasteiger partial charge in [0.05, 0.1) is 10.9 Å². The predicted molar refractivity (Wildman–Crippen MR) is 104 cm³/mol. The van der Waals surface area contributed by atoms with Gasteiger partial charge in [0.15, 0.2) is 0 Å². The van der Waals surface area contributed by atoms with Crippen LogP contribution in [0.3, 0.4) is 0 Å². The zero-order chi connectivity index (χ0) is 19.7. The van der Waals surface area contributed by atoms with E-state index in [1.807, 2.05) is 6.07 Å². The Bertz CT molecular complexity index is 1150. The number of primary amides is 1. The Morgan fingerprint density at radius 2 is 2.07 bits per heavy atom. The van der Waals surface area contributed by atoms with Gasteiger partial charge < -0.3 is 21.4 Å². The van der Waals surface area contributed by atoms with Crippen LogP contribution in [0.25, 0.3) is 11.0 Å². The number of rotatable bonds is 4. The number of carbonyl (C=O) groups is 2. The van der Waals surface area contributed by atoms with Crippen molar-refractivity contribution < 1.29 is 9.59 Å². The van der Waals surface area contributed by atoms with Gasteiger partial charge in [0.1, 0.15) is 24.3 Å². The van der Waals surface area contributed by atoms with E-state index < -0.39 is 5.91 Å². The largest absolute Gasteiger partial charge is 0.383 e. The number of hydrogen-bond donors (Lipinski definition) is 3. The minimum absolute atomic E-state index is 0.0363. The van der Waals surface area contributed by atoms with Crippen molar-refractivity contribution in [3.05, 3.63) is 53.5 Å². The molecule has 2 heterocycles. The number of amides is 2. The van der Waals surface area contributed by atoms with Crippen LogP contribution in [-0.2, 0) is 11.3 Å². The van der Waals surface area contributed by atoms with Gasteiger partial charge in [0.25, 0.3) is 5.91 Å². The molecule has 28 heavy (non-hydrogen) atoms. The number of carbonyl (C=O) groups excluding carboxylic acids is 2. The number of nitrogens with zero attached hydrogens (tertiary/aromatic N) is 3. The molecule has 1 aliphatic rings. The summed E-state index contributed by atoms with van der Waals surface area (Å²) in [6.45, 7) is -0.0363. The van der Waals surface area contributed by atoms with Crippen LogP contribution in [0.1, 0.15) is 34.3 Å². The molecule has 0 radical (unpaired) electrons. The summed E-state index contributed by atoms with van der Waals surface area (Å²) >= 11 is 0. The second kappa shape index (κ2) is 7.04. The molecule has 0 bridgehead atoms. The van der Waals surface area contributed by atoms with Gasteiger partial charge in [-0.2, -0.15) is 0 Å². The van der Waals surface area contributed by atoms with E-state index in [9.17, 15) is 9.59 Å². The highest BCUT2D eigenvalue weighted by molar-refractivity contribution is 5.95. The maximum Gasteiger partial charge on any atom is 0.251 e. The number of nitrogens with two attached hydrogens (primary N) is 2. The third-order valence-corrected chi connectivity index (χ3v) is 4.39. The lowest BCUT2D eigenvalue weighted by Gasteiger charge is -2.03. The minimum atomic E-state index is -0.497. The molecule has 2 aromatic heterocycles. The molecule has 140 valence electrons. The molecule has 1 aromatic carbocycles. The Kier molecular flexibility index (Phi) is 4.41. The molecule has 0 atom stereocenters. The van der Waals surface area contributed by atoms with Gasteiger partial charge in [0.2, 0.25) is 5.91 Å². The molecule has 5 N–H and O–H groups in total. The summed E-state index contributed by atoms with van der Waals surface area (Å²) in [6.07, 6.45) is 5.07. The topological polar surface area (TPSA) is 129 Å². The molecular weight excluding hydrogens is 356 g/mol. The van der Waals surface area contributed by atoms with E-state index in [1.165, 1.54) is 6.33 Å². The van der Waals surface area contributed by atoms with Crippen LogP contribution in [0.15, 0.2) is 36.8 Å². The summed E-state index contributed by atoms with van der Waals surface area (Å²) in [5.74, 6) is 5.76. The highest BCUT2D eigenvalue weighted by Crippen LogP contribution is 2.23. The van der Waals surface area contributed by atoms with Crippen LogP contribution < -0.4 is 16.8 Å². The predicted octanol–water partition coefficient (Wildman–Crippen LogP) is 0.791. The quantitative estimate of drug-likeness (QED) is 0.582. The normalized spacial score (nSPS) is 13.0. The van der Waals surface area contributed by atoms with Crippen LogP contribution in [0.2, 0.25) is 0 Å². The van der Waals surface area contributed by atoms with Gasteiger partial charge >= 0.3 is 0 Å². The lowest BCUT2D eigenvalue weighted by atomic mass is 10.1. The molecule has 8 heteroatoms. The monoisotopic (exact) mass is 374 g/mol. The van der Waals surface area contributed by atoms with Gasteiger partial charge in [-0.1, -0.05) is 17.9 Å². The summed E-state index contributed by atoms with van der Waals surface area (Å²) in [4.78, 5) is 31.7. The first-order chi connectivity index (χ1) is 13.5. The molecule has 1 saturated carbocycles. The first-order valence-corrected chi connectivity index (χ1v) is 8.82. The van der Waals surface area contributed by atoms with E-state index in [1.54, 1.807) is 29.0 Å². The Labute approximate surface area is 160 Å². The van der Waals surface area contributed by atoms with Crippen molar-refractivity contribution in [2.75, 3.05) is 5.73 Å². The highest BCUT2D eigenvalue weighted by atomic mass is 16.2. The summed E-state index contributed by atoms with van der Waals surface area (Å²) in [6, 6.07) is 7.41. The van der Waals surface area contributed by atoms with Crippen molar-refractivity contribution in [3.63, 3.8) is 0 Å². The standard InChI is InChI=1S/C20H18N6O2/c21-16(27)10-26-9-14(17-18(22)23-11-24-19(17)26)5-4-12-2-1-3-13(8-12)20(28)25-15-6-7-15/h1-3,8-9,11,15H,6-7,10H2,(H2,21,27)(H,25,28)(H2,22,23,24). The van der Waals surface area contributed by atoms with Crippen molar-refractivity contribution in [2.45, 2.75) is 25.4 Å². The van der Waals surface area contributed by atoms with E-state index in [0.717, 1.165) is 12.8 Å². The molecule has 1 fully saturated rings. The molecule has 0 aliphatic heterocycles. The molecule has 8 nitrogen and oxygen atoms in total. The number of benzene rings is 1. The van der Waals surface area contributed by atoms with Crippen LogP contribution in [-0.4, -0.2) is 32.4 Å². The molecule has 3 aromatic rings. The van der Waals surface area contributed by atoms with Crippen molar-refractivity contribution in [1.82, 2.24) is 19.9 Å². The number of anilines is 1. The maximum atomic E-state index is 12.2. The van der Waals surface area contributed by atoms with Gasteiger partial charge in [-0.25, -0.2) is 9.97 Å². The third kappa shape index (κ3) is 3.64. The molecule has 0 spiro atoms. The van der Waals surface area contributed by atoms with E-state index in [0.29, 0.717) is 33.8 Å². The fourth-order valence-electron chi connectivity index (χ4n) is 2.90. The van der Waals surface area contributed by atoms with Gasteiger partial charge in [-0.3, -0.25) is 9.59 Å². The van der Waals surface area contributed by atoms with Crippen LogP contribution >= 0.6 is 0 Å². The first-order valence-electron chi connectivity index (χ1n) is 8.82. The van der Waals surface area contributed by atoms with E-state index in [-0.39, 0.29) is 18.3 Å². The fourth-order valence-corrected chi connectivity index (χ4v) is 2.90. The first kappa shape index (κ1) is 17.5. The summed E-state index contributed by atoms with van der Waals surface area (Å²) in [7, 11) is 0. The Hall–Kier alpha value is -3.86. The Morgan fingerprint density at radius 1 is 1.25 bits per heavy atom. The number of nitrogens with one attached hydrogen (secondary N) is 1. The summed E-state index contributed by atoms with van der Waals surface area (Å²) in [5, 5.41) is 3.53. The number of hydrogen-bond acceptors (Lipinski definition) is 5. The molecule has 2 amide bonds. The highest BCUT2D eigenvalue weighted by Gasteiger charge is 2.23. The van der Waals surface area contributed by atoms with Gasteiger partial charge in [-0.15, -0.1) is 0 Å². The van der Waals surface area contributed by atoms with Crippen LogP contribution in [0.5, 0.6) is 0 Å². The van der Waals surface area contributed by atoms with Gasteiger partial charge in [0, 0.05) is 23.4 Å². The third-order valence-electron chi connectivity index (χ3n) is 4.39. The maximum absolute atomic E-state index is 12.2. The molecule has 0 unspecified atom stereocenters. The summed E-state index contributed by atoms with van der Waals surface area (Å²) in [5.41, 5.74) is 13.6. The Morgan fingerprint density at radius 3 is 2.82 bits per heavy atom. The van der Waals surface area contributed by atoms with Crippen molar-refractivity contribution in [2.24, 2.45) is 5.73 Å². The molecule has 1 aliphatic carbocycles. The zero-order valence-electron chi connectivity index (χ0n) is 15.0.